The largest absolute Gasteiger partial charge is 0.493 e. The van der Waals surface area contributed by atoms with E-state index in [0.29, 0.717) is 28.3 Å². The Morgan fingerprint density at radius 3 is 2.37 bits per heavy atom. The molecular formula is C30H28FN3O4. The Hall–Kier alpha value is -4.64. The number of ether oxygens (including phenoxy) is 2. The maximum absolute atomic E-state index is 13.1. The Bertz CT molecular complexity index is 1360. The standard InChI is InChI=1S/C30H28FN3O4/c1-37-28-18-22(17-24(19-32)29(35)33-26-12-10-25(31)11-13-26)7-14-27(28)38-20-21-5-8-23(9-6-21)30(36)34-15-3-2-4-16-34/h5-14,17-18H,2-4,15-16,20H2,1H3,(H,33,35)/b24-17-. The van der Waals surface area contributed by atoms with Crippen molar-refractivity contribution < 1.29 is 23.5 Å². The number of nitriles is 1. The van der Waals surface area contributed by atoms with Crippen molar-refractivity contribution >= 4 is 23.6 Å². The van der Waals surface area contributed by atoms with Crippen LogP contribution in [0.25, 0.3) is 6.08 Å². The summed E-state index contributed by atoms with van der Waals surface area (Å²) in [6, 6.07) is 19.6. The summed E-state index contributed by atoms with van der Waals surface area (Å²) in [6.45, 7) is 1.89. The van der Waals surface area contributed by atoms with Crippen LogP contribution in [0.1, 0.15) is 40.7 Å². The topological polar surface area (TPSA) is 91.7 Å². The van der Waals surface area contributed by atoms with Crippen LogP contribution in [0.5, 0.6) is 11.5 Å². The number of methoxy groups -OCH3 is 1. The van der Waals surface area contributed by atoms with Crippen molar-refractivity contribution in [3.05, 3.63) is 94.8 Å². The summed E-state index contributed by atoms with van der Waals surface area (Å²) in [5.74, 6) is -0.0427. The van der Waals surface area contributed by atoms with Crippen molar-refractivity contribution in [2.45, 2.75) is 25.9 Å². The molecule has 0 aromatic heterocycles. The predicted octanol–water partition coefficient (Wildman–Crippen LogP) is 5.59. The van der Waals surface area contributed by atoms with Gasteiger partial charge in [-0.05, 0) is 85.0 Å². The summed E-state index contributed by atoms with van der Waals surface area (Å²) in [4.78, 5) is 27.1. The first-order chi connectivity index (χ1) is 18.5. The number of carbonyl (C=O) groups is 2. The molecule has 1 heterocycles. The van der Waals surface area contributed by atoms with E-state index in [-0.39, 0.29) is 18.1 Å². The van der Waals surface area contributed by atoms with Crippen molar-refractivity contribution in [2.75, 3.05) is 25.5 Å². The molecule has 3 aromatic carbocycles. The van der Waals surface area contributed by atoms with E-state index in [4.69, 9.17) is 9.47 Å². The highest BCUT2D eigenvalue weighted by molar-refractivity contribution is 6.09. The summed E-state index contributed by atoms with van der Waals surface area (Å²) in [5.41, 5.74) is 2.39. The lowest BCUT2D eigenvalue weighted by atomic mass is 10.1. The summed E-state index contributed by atoms with van der Waals surface area (Å²) in [6.07, 6.45) is 4.71. The number of amides is 2. The van der Waals surface area contributed by atoms with E-state index < -0.39 is 11.7 Å². The van der Waals surface area contributed by atoms with Crippen LogP contribution < -0.4 is 14.8 Å². The van der Waals surface area contributed by atoms with Gasteiger partial charge in [-0.1, -0.05) is 18.2 Å². The number of halogens is 1. The van der Waals surface area contributed by atoms with Gasteiger partial charge in [0.2, 0.25) is 0 Å². The molecule has 2 amide bonds. The van der Waals surface area contributed by atoms with Gasteiger partial charge >= 0.3 is 0 Å². The van der Waals surface area contributed by atoms with Crippen LogP contribution in [0, 0.1) is 17.1 Å². The lowest BCUT2D eigenvalue weighted by Gasteiger charge is -2.26. The first-order valence-electron chi connectivity index (χ1n) is 12.3. The number of likely N-dealkylation sites (tertiary alicyclic amines) is 1. The zero-order valence-corrected chi connectivity index (χ0v) is 21.1. The molecule has 1 fully saturated rings. The van der Waals surface area contributed by atoms with Crippen LogP contribution in [0.3, 0.4) is 0 Å². The van der Waals surface area contributed by atoms with Crippen LogP contribution in [-0.4, -0.2) is 36.9 Å². The third-order valence-corrected chi connectivity index (χ3v) is 6.20. The van der Waals surface area contributed by atoms with Gasteiger partial charge in [-0.3, -0.25) is 9.59 Å². The van der Waals surface area contributed by atoms with Crippen molar-refractivity contribution in [2.24, 2.45) is 0 Å². The molecule has 0 spiro atoms. The molecule has 7 nitrogen and oxygen atoms in total. The summed E-state index contributed by atoms with van der Waals surface area (Å²) in [5, 5.41) is 12.1. The van der Waals surface area contributed by atoms with E-state index in [9.17, 15) is 19.2 Å². The average Bonchev–Trinajstić information content (AvgIpc) is 2.96. The molecule has 0 radical (unpaired) electrons. The fraction of sp³-hybridized carbons (Fsp3) is 0.233. The van der Waals surface area contributed by atoms with E-state index in [1.165, 1.54) is 43.9 Å². The first kappa shape index (κ1) is 26.4. The molecule has 0 atom stereocenters. The van der Waals surface area contributed by atoms with E-state index >= 15 is 0 Å². The van der Waals surface area contributed by atoms with Crippen molar-refractivity contribution in [3.63, 3.8) is 0 Å². The van der Waals surface area contributed by atoms with Crippen molar-refractivity contribution in [1.82, 2.24) is 4.90 Å². The minimum Gasteiger partial charge on any atom is -0.493 e. The highest BCUT2D eigenvalue weighted by Crippen LogP contribution is 2.30. The van der Waals surface area contributed by atoms with Gasteiger partial charge in [0.15, 0.2) is 11.5 Å². The number of hydrogen-bond donors (Lipinski definition) is 1. The molecule has 0 aliphatic carbocycles. The monoisotopic (exact) mass is 513 g/mol. The molecule has 8 heteroatoms. The van der Waals surface area contributed by atoms with Gasteiger partial charge in [0, 0.05) is 24.3 Å². The summed E-state index contributed by atoms with van der Waals surface area (Å²) < 4.78 is 24.5. The number of anilines is 1. The average molecular weight is 514 g/mol. The molecule has 38 heavy (non-hydrogen) atoms. The Morgan fingerprint density at radius 1 is 1.00 bits per heavy atom. The predicted molar refractivity (Wildman–Crippen MR) is 142 cm³/mol. The van der Waals surface area contributed by atoms with Gasteiger partial charge in [-0.25, -0.2) is 4.39 Å². The van der Waals surface area contributed by atoms with Gasteiger partial charge in [-0.2, -0.15) is 5.26 Å². The van der Waals surface area contributed by atoms with Gasteiger partial charge in [0.05, 0.1) is 7.11 Å². The molecule has 4 rings (SSSR count). The minimum absolute atomic E-state index is 0.0607. The molecular weight excluding hydrogens is 485 g/mol. The minimum atomic E-state index is -0.611. The van der Waals surface area contributed by atoms with E-state index in [2.05, 4.69) is 5.32 Å². The van der Waals surface area contributed by atoms with Crippen LogP contribution in [0.2, 0.25) is 0 Å². The number of nitrogens with one attached hydrogen (secondary N) is 1. The molecule has 0 unspecified atom stereocenters. The fourth-order valence-electron chi connectivity index (χ4n) is 4.12. The van der Waals surface area contributed by atoms with Crippen LogP contribution in [-0.2, 0) is 11.4 Å². The van der Waals surface area contributed by atoms with Crippen LogP contribution >= 0.6 is 0 Å². The number of hydrogen-bond acceptors (Lipinski definition) is 5. The maximum atomic E-state index is 13.1. The van der Waals surface area contributed by atoms with Gasteiger partial charge in [0.1, 0.15) is 24.1 Å². The molecule has 0 bridgehead atoms. The number of nitrogens with zero attached hydrogens (tertiary/aromatic N) is 2. The highest BCUT2D eigenvalue weighted by atomic mass is 19.1. The Kier molecular flexibility index (Phi) is 8.73. The summed E-state index contributed by atoms with van der Waals surface area (Å²) >= 11 is 0. The zero-order valence-electron chi connectivity index (χ0n) is 21.1. The van der Waals surface area contributed by atoms with Crippen molar-refractivity contribution in [3.8, 4) is 17.6 Å². The van der Waals surface area contributed by atoms with Crippen LogP contribution in [0.15, 0.2) is 72.3 Å². The number of rotatable bonds is 8. The molecule has 1 aliphatic rings. The number of carbonyl (C=O) groups excluding carboxylic acids is 2. The molecule has 0 saturated carbocycles. The Labute approximate surface area is 221 Å². The second-order valence-electron chi connectivity index (χ2n) is 8.88. The fourth-order valence-corrected chi connectivity index (χ4v) is 4.12. The Balaban J connectivity index is 1.40. The third-order valence-electron chi connectivity index (χ3n) is 6.20. The van der Waals surface area contributed by atoms with E-state index in [1.807, 2.05) is 35.2 Å². The molecule has 1 N–H and O–H groups in total. The number of benzene rings is 3. The summed E-state index contributed by atoms with van der Waals surface area (Å²) in [7, 11) is 1.50. The quantitative estimate of drug-likeness (QED) is 0.313. The Morgan fingerprint density at radius 2 is 1.71 bits per heavy atom. The van der Waals surface area contributed by atoms with E-state index in [1.54, 1.807) is 18.2 Å². The second-order valence-corrected chi connectivity index (χ2v) is 8.88. The highest BCUT2D eigenvalue weighted by Gasteiger charge is 2.18. The second kappa shape index (κ2) is 12.5. The molecule has 3 aromatic rings. The normalized spacial score (nSPS) is 13.4. The smallest absolute Gasteiger partial charge is 0.266 e. The molecule has 194 valence electrons. The van der Waals surface area contributed by atoms with Gasteiger partial charge < -0.3 is 19.7 Å². The maximum Gasteiger partial charge on any atom is 0.266 e. The lowest BCUT2D eigenvalue weighted by Crippen LogP contribution is -2.35. The zero-order chi connectivity index (χ0) is 26.9. The van der Waals surface area contributed by atoms with Crippen LogP contribution in [0.4, 0.5) is 10.1 Å². The third kappa shape index (κ3) is 6.77. The van der Waals surface area contributed by atoms with E-state index in [0.717, 1.165) is 31.5 Å². The SMILES string of the molecule is COc1cc(/C=C(/C#N)C(=O)Nc2ccc(F)cc2)ccc1OCc1ccc(C(=O)N2CCCCC2)cc1. The van der Waals surface area contributed by atoms with Crippen molar-refractivity contribution in [1.29, 1.82) is 5.26 Å². The number of piperidine rings is 1. The lowest BCUT2D eigenvalue weighted by molar-refractivity contribution is -0.112. The van der Waals surface area contributed by atoms with Gasteiger partial charge in [-0.15, -0.1) is 0 Å². The molecule has 1 aliphatic heterocycles. The van der Waals surface area contributed by atoms with Gasteiger partial charge in [0.25, 0.3) is 11.8 Å². The molecule has 1 saturated heterocycles. The first-order valence-corrected chi connectivity index (χ1v) is 12.3.